The van der Waals surface area contributed by atoms with Crippen LogP contribution in [0, 0.1) is 0 Å². The third-order valence-corrected chi connectivity index (χ3v) is 4.06. The largest absolute Gasteiger partial charge is 0.375 e. The lowest BCUT2D eigenvalue weighted by Gasteiger charge is -2.33. The normalized spacial score (nSPS) is 11.0. The molecule has 0 amide bonds. The van der Waals surface area contributed by atoms with Crippen molar-refractivity contribution >= 4 is 18.3 Å². The Morgan fingerprint density at radius 2 is 1.13 bits per heavy atom. The summed E-state index contributed by atoms with van der Waals surface area (Å²) in [5, 5.41) is 4.45. The van der Waals surface area contributed by atoms with Gasteiger partial charge in [-0.15, -0.1) is 5.16 Å². The second-order valence-electron chi connectivity index (χ2n) is 5.14. The molecule has 0 aromatic heterocycles. The average molecular weight is 322 g/mol. The van der Waals surface area contributed by atoms with E-state index in [2.05, 4.69) is 11.9 Å². The van der Waals surface area contributed by atoms with Crippen molar-refractivity contribution in [3.05, 3.63) is 107 Å². The van der Waals surface area contributed by atoms with E-state index in [1.54, 1.807) is 0 Å². The number of halogens is 1. The quantitative estimate of drug-likeness (QED) is 0.356. The first-order chi connectivity index (χ1) is 11.3. The van der Waals surface area contributed by atoms with Gasteiger partial charge in [0.25, 0.3) is 0 Å². The molecule has 0 aliphatic rings. The van der Waals surface area contributed by atoms with Crippen molar-refractivity contribution in [3.8, 4) is 0 Å². The topological polar surface area (TPSA) is 21.6 Å². The lowest BCUT2D eigenvalue weighted by Crippen LogP contribution is -2.31. The molecule has 0 atom stereocenters. The number of nitrogens with zero attached hydrogens (tertiary/aromatic N) is 1. The molecule has 0 heterocycles. The average Bonchev–Trinajstić information content (AvgIpc) is 2.62. The van der Waals surface area contributed by atoms with Crippen molar-refractivity contribution in [2.75, 3.05) is 0 Å². The van der Waals surface area contributed by atoms with Gasteiger partial charge in [0.2, 0.25) is 5.60 Å². The van der Waals surface area contributed by atoms with Crippen LogP contribution in [-0.4, -0.2) is 6.72 Å². The van der Waals surface area contributed by atoms with Gasteiger partial charge in [0.05, 0.1) is 0 Å². The highest BCUT2D eigenvalue weighted by molar-refractivity contribution is 6.30. The maximum atomic E-state index is 6.05. The SMILES string of the molecule is C=NOC(c1ccccc1)(c1ccccc1)c1ccc(Cl)cc1. The van der Waals surface area contributed by atoms with Gasteiger partial charge >= 0.3 is 0 Å². The molecule has 0 saturated heterocycles. The monoisotopic (exact) mass is 321 g/mol. The van der Waals surface area contributed by atoms with E-state index in [4.69, 9.17) is 16.4 Å². The lowest BCUT2D eigenvalue weighted by molar-refractivity contribution is 0.0191. The van der Waals surface area contributed by atoms with E-state index in [-0.39, 0.29) is 0 Å². The fourth-order valence-corrected chi connectivity index (χ4v) is 2.91. The minimum Gasteiger partial charge on any atom is -0.375 e. The van der Waals surface area contributed by atoms with Gasteiger partial charge in [-0.3, -0.25) is 0 Å². The lowest BCUT2D eigenvalue weighted by atomic mass is 9.80. The highest BCUT2D eigenvalue weighted by atomic mass is 35.5. The van der Waals surface area contributed by atoms with Crippen LogP contribution < -0.4 is 0 Å². The number of hydrogen-bond donors (Lipinski definition) is 0. The smallest absolute Gasteiger partial charge is 0.212 e. The Balaban J connectivity index is 2.30. The highest BCUT2D eigenvalue weighted by Gasteiger charge is 2.39. The fourth-order valence-electron chi connectivity index (χ4n) is 2.79. The molecule has 0 bridgehead atoms. The molecule has 0 fully saturated rings. The Hall–Kier alpha value is -2.58. The second-order valence-corrected chi connectivity index (χ2v) is 5.58. The third kappa shape index (κ3) is 2.86. The van der Waals surface area contributed by atoms with Gasteiger partial charge in [0.1, 0.15) is 0 Å². The van der Waals surface area contributed by atoms with Crippen LogP contribution >= 0.6 is 11.6 Å². The minimum absolute atomic E-state index is 0.676. The first kappa shape index (κ1) is 15.3. The summed E-state index contributed by atoms with van der Waals surface area (Å²) in [6.07, 6.45) is 0. The molecular weight excluding hydrogens is 306 g/mol. The van der Waals surface area contributed by atoms with Crippen LogP contribution in [-0.2, 0) is 10.4 Å². The standard InChI is InChI=1S/C20H16ClNO/c1-22-23-20(16-8-4-2-5-9-16,17-10-6-3-7-11-17)18-12-14-19(21)15-13-18/h2-15H,1H2. The van der Waals surface area contributed by atoms with Crippen LogP contribution in [0.5, 0.6) is 0 Å². The molecule has 0 unspecified atom stereocenters. The zero-order valence-electron chi connectivity index (χ0n) is 12.5. The van der Waals surface area contributed by atoms with Crippen molar-refractivity contribution in [2.24, 2.45) is 5.16 Å². The van der Waals surface area contributed by atoms with Crippen LogP contribution in [0.15, 0.2) is 90.1 Å². The van der Waals surface area contributed by atoms with Gasteiger partial charge < -0.3 is 4.84 Å². The summed E-state index contributed by atoms with van der Waals surface area (Å²) in [5.41, 5.74) is 2.02. The fraction of sp³-hybridized carbons (Fsp3) is 0.0500. The van der Waals surface area contributed by atoms with Crippen LogP contribution in [0.1, 0.15) is 16.7 Å². The Bertz CT molecular complexity index is 730. The van der Waals surface area contributed by atoms with Gasteiger partial charge in [-0.2, -0.15) is 0 Å². The molecule has 3 aromatic carbocycles. The Kier molecular flexibility index (Phi) is 4.45. The first-order valence-electron chi connectivity index (χ1n) is 7.28. The molecule has 0 radical (unpaired) electrons. The third-order valence-electron chi connectivity index (χ3n) is 3.81. The summed E-state index contributed by atoms with van der Waals surface area (Å²) in [4.78, 5) is 5.90. The molecule has 3 heteroatoms. The summed E-state index contributed by atoms with van der Waals surface area (Å²) >= 11 is 6.05. The Morgan fingerprint density at radius 3 is 1.57 bits per heavy atom. The van der Waals surface area contributed by atoms with Gasteiger partial charge in [-0.1, -0.05) is 84.4 Å². The van der Waals surface area contributed by atoms with Crippen LogP contribution in [0.25, 0.3) is 0 Å². The summed E-state index contributed by atoms with van der Waals surface area (Å²) in [6.45, 7) is 3.54. The van der Waals surface area contributed by atoms with Gasteiger partial charge in [-0.25, -0.2) is 0 Å². The van der Waals surface area contributed by atoms with Crippen molar-refractivity contribution in [1.82, 2.24) is 0 Å². The van der Waals surface area contributed by atoms with E-state index < -0.39 is 5.60 Å². The molecule has 23 heavy (non-hydrogen) atoms. The van der Waals surface area contributed by atoms with Crippen LogP contribution in [0.2, 0.25) is 5.02 Å². The first-order valence-corrected chi connectivity index (χ1v) is 7.66. The summed E-state index contributed by atoms with van der Waals surface area (Å²) < 4.78 is 0. The van der Waals surface area contributed by atoms with E-state index in [9.17, 15) is 0 Å². The summed E-state index contributed by atoms with van der Waals surface area (Å²) in [6, 6.07) is 27.6. The number of hydrogen-bond acceptors (Lipinski definition) is 2. The zero-order valence-corrected chi connectivity index (χ0v) is 13.3. The van der Waals surface area contributed by atoms with E-state index in [0.717, 1.165) is 16.7 Å². The molecule has 0 aliphatic heterocycles. The van der Waals surface area contributed by atoms with E-state index >= 15 is 0 Å². The van der Waals surface area contributed by atoms with Crippen LogP contribution in [0.4, 0.5) is 0 Å². The van der Waals surface area contributed by atoms with E-state index in [1.165, 1.54) is 0 Å². The number of rotatable bonds is 5. The zero-order chi connectivity index (χ0) is 16.1. The van der Waals surface area contributed by atoms with E-state index in [1.807, 2.05) is 84.9 Å². The number of oxime groups is 1. The Labute approximate surface area is 141 Å². The molecule has 114 valence electrons. The maximum absolute atomic E-state index is 6.05. The molecule has 0 saturated carbocycles. The molecular formula is C20H16ClNO. The summed E-state index contributed by atoms with van der Waals surface area (Å²) in [5.74, 6) is 0. The predicted octanol–water partition coefficient (Wildman–Crippen LogP) is 5.26. The van der Waals surface area contributed by atoms with Crippen molar-refractivity contribution in [3.63, 3.8) is 0 Å². The molecule has 2 nitrogen and oxygen atoms in total. The van der Waals surface area contributed by atoms with Gasteiger partial charge in [-0.05, 0) is 12.1 Å². The molecule has 0 spiro atoms. The molecule has 0 aliphatic carbocycles. The molecule has 3 aromatic rings. The highest BCUT2D eigenvalue weighted by Crippen LogP contribution is 2.40. The Morgan fingerprint density at radius 1 is 0.696 bits per heavy atom. The van der Waals surface area contributed by atoms with Gasteiger partial charge in [0.15, 0.2) is 0 Å². The predicted molar refractivity (Wildman–Crippen MR) is 94.9 cm³/mol. The van der Waals surface area contributed by atoms with E-state index in [0.29, 0.717) is 5.02 Å². The van der Waals surface area contributed by atoms with Crippen molar-refractivity contribution in [1.29, 1.82) is 0 Å². The van der Waals surface area contributed by atoms with Crippen LogP contribution in [0.3, 0.4) is 0 Å². The van der Waals surface area contributed by atoms with Crippen molar-refractivity contribution < 1.29 is 4.84 Å². The van der Waals surface area contributed by atoms with Crippen molar-refractivity contribution in [2.45, 2.75) is 5.60 Å². The number of benzene rings is 3. The summed E-state index contributed by atoms with van der Waals surface area (Å²) in [7, 11) is 0. The molecule has 3 rings (SSSR count). The maximum Gasteiger partial charge on any atom is 0.212 e. The van der Waals surface area contributed by atoms with Gasteiger partial charge in [0, 0.05) is 28.4 Å². The minimum atomic E-state index is -0.866. The molecule has 0 N–H and O–H groups in total. The second kappa shape index (κ2) is 6.67.